The topological polar surface area (TPSA) is 108 Å². The number of ether oxygens (including phenoxy) is 3. The van der Waals surface area contributed by atoms with Crippen LogP contribution < -0.4 is 0 Å². The largest absolute Gasteiger partial charge is 0.458 e. The molecule has 9 nitrogen and oxygen atoms in total. The van der Waals surface area contributed by atoms with Crippen molar-refractivity contribution >= 4 is 17.4 Å². The molecule has 3 aromatic carbocycles. The minimum Gasteiger partial charge on any atom is -0.458 e. The Morgan fingerprint density at radius 3 is 1.88 bits per heavy atom. The van der Waals surface area contributed by atoms with Crippen LogP contribution in [0.3, 0.4) is 0 Å². The molecule has 3 aromatic rings. The molecule has 9 heteroatoms. The van der Waals surface area contributed by atoms with Gasteiger partial charge in [0.05, 0.1) is 18.1 Å². The summed E-state index contributed by atoms with van der Waals surface area (Å²) < 4.78 is 18.7. The summed E-state index contributed by atoms with van der Waals surface area (Å²) in [6, 6.07) is 25.3. The third-order valence-electron chi connectivity index (χ3n) is 6.87. The molecule has 0 N–H and O–H groups in total. The standard InChI is InChI=1S/C31H34N2O7/c1-22(34)17-28-30(38-20-25-9-5-3-6-10-25)31(39-21-26-11-7-4-8-12-26)29(40-23(2)35)19-32(28)18-24-13-15-27(16-14-24)33(36)37/h3-16,28-31H,17-21H2,1-2H3/t28?,29-,30+,31-/m1/s1. The number of nitro benzene ring substituents is 1. The minimum absolute atomic E-state index is 0.00100. The van der Waals surface area contributed by atoms with Gasteiger partial charge in [-0.15, -0.1) is 0 Å². The van der Waals surface area contributed by atoms with Crippen LogP contribution in [0.2, 0.25) is 0 Å². The third kappa shape index (κ3) is 8.05. The first-order valence-corrected chi connectivity index (χ1v) is 13.2. The molecule has 1 aliphatic heterocycles. The lowest BCUT2D eigenvalue weighted by atomic mass is 9.89. The van der Waals surface area contributed by atoms with Gasteiger partial charge in [0.1, 0.15) is 24.1 Å². The zero-order chi connectivity index (χ0) is 28.5. The molecule has 0 spiro atoms. The number of rotatable bonds is 12. The number of benzene rings is 3. The van der Waals surface area contributed by atoms with Gasteiger partial charge in [-0.05, 0) is 23.6 Å². The fourth-order valence-electron chi connectivity index (χ4n) is 5.05. The van der Waals surface area contributed by atoms with E-state index in [1.165, 1.54) is 26.0 Å². The van der Waals surface area contributed by atoms with Crippen molar-refractivity contribution in [2.24, 2.45) is 0 Å². The average Bonchev–Trinajstić information content (AvgIpc) is 2.93. The van der Waals surface area contributed by atoms with Gasteiger partial charge in [0, 0.05) is 44.6 Å². The molecule has 1 unspecified atom stereocenters. The Kier molecular flexibility index (Phi) is 10.1. The van der Waals surface area contributed by atoms with Crippen LogP contribution in [0.5, 0.6) is 0 Å². The number of esters is 1. The monoisotopic (exact) mass is 546 g/mol. The maximum Gasteiger partial charge on any atom is 0.303 e. The lowest BCUT2D eigenvalue weighted by Gasteiger charge is -2.48. The number of ketones is 1. The first-order chi connectivity index (χ1) is 19.3. The minimum atomic E-state index is -0.664. The van der Waals surface area contributed by atoms with Gasteiger partial charge in [-0.2, -0.15) is 0 Å². The van der Waals surface area contributed by atoms with Crippen LogP contribution in [-0.2, 0) is 43.6 Å². The number of likely N-dealkylation sites (tertiary alicyclic amines) is 1. The Balaban J connectivity index is 1.67. The molecule has 1 aliphatic rings. The Bertz CT molecular complexity index is 1270. The van der Waals surface area contributed by atoms with Crippen LogP contribution in [0.25, 0.3) is 0 Å². The van der Waals surface area contributed by atoms with E-state index in [1.807, 2.05) is 65.6 Å². The molecular weight excluding hydrogens is 512 g/mol. The summed E-state index contributed by atoms with van der Waals surface area (Å²) in [5, 5.41) is 11.1. The highest BCUT2D eigenvalue weighted by Gasteiger charge is 2.47. The zero-order valence-corrected chi connectivity index (χ0v) is 22.7. The molecule has 4 atom stereocenters. The van der Waals surface area contributed by atoms with E-state index in [-0.39, 0.29) is 37.1 Å². The third-order valence-corrected chi connectivity index (χ3v) is 6.87. The second kappa shape index (κ2) is 13.9. The Morgan fingerprint density at radius 2 is 1.38 bits per heavy atom. The van der Waals surface area contributed by atoms with Gasteiger partial charge in [0.25, 0.3) is 5.69 Å². The fraction of sp³-hybridized carbons (Fsp3) is 0.355. The summed E-state index contributed by atoms with van der Waals surface area (Å²) in [4.78, 5) is 37.4. The zero-order valence-electron chi connectivity index (χ0n) is 22.7. The summed E-state index contributed by atoms with van der Waals surface area (Å²) in [7, 11) is 0. The number of hydrogen-bond donors (Lipinski definition) is 0. The normalized spacial score (nSPS) is 21.1. The van der Waals surface area contributed by atoms with E-state index in [9.17, 15) is 19.7 Å². The number of nitrogens with zero attached hydrogens (tertiary/aromatic N) is 2. The second-order valence-corrected chi connectivity index (χ2v) is 10.00. The van der Waals surface area contributed by atoms with Crippen molar-refractivity contribution in [1.29, 1.82) is 0 Å². The van der Waals surface area contributed by atoms with Gasteiger partial charge in [0.15, 0.2) is 0 Å². The van der Waals surface area contributed by atoms with Gasteiger partial charge in [-0.3, -0.25) is 24.6 Å². The van der Waals surface area contributed by atoms with Crippen molar-refractivity contribution in [3.63, 3.8) is 0 Å². The molecule has 1 saturated heterocycles. The van der Waals surface area contributed by atoms with Crippen molar-refractivity contribution in [3.8, 4) is 0 Å². The molecule has 0 aliphatic carbocycles. The summed E-state index contributed by atoms with van der Waals surface area (Å²) in [6.07, 6.45) is -1.71. The van der Waals surface area contributed by atoms with Crippen LogP contribution >= 0.6 is 0 Å². The van der Waals surface area contributed by atoms with Crippen LogP contribution in [-0.4, -0.2) is 52.5 Å². The van der Waals surface area contributed by atoms with Crippen molar-refractivity contribution < 1.29 is 28.7 Å². The van der Waals surface area contributed by atoms with Gasteiger partial charge >= 0.3 is 5.97 Å². The number of carbonyl (C=O) groups is 2. The number of Topliss-reactive ketones (excluding diaryl/α,β-unsaturated/α-hetero) is 1. The first-order valence-electron chi connectivity index (χ1n) is 13.2. The van der Waals surface area contributed by atoms with Crippen LogP contribution in [0, 0.1) is 10.1 Å². The molecule has 1 heterocycles. The van der Waals surface area contributed by atoms with E-state index in [4.69, 9.17) is 14.2 Å². The molecule has 0 bridgehead atoms. The van der Waals surface area contributed by atoms with E-state index in [0.29, 0.717) is 13.1 Å². The Hall–Kier alpha value is -3.92. The van der Waals surface area contributed by atoms with E-state index >= 15 is 0 Å². The molecule has 0 radical (unpaired) electrons. The van der Waals surface area contributed by atoms with Crippen LogP contribution in [0.4, 0.5) is 5.69 Å². The van der Waals surface area contributed by atoms with E-state index in [2.05, 4.69) is 0 Å². The average molecular weight is 547 g/mol. The molecular formula is C31H34N2O7. The molecule has 0 amide bonds. The number of hydrogen-bond acceptors (Lipinski definition) is 8. The van der Waals surface area contributed by atoms with Crippen molar-refractivity contribution in [2.45, 2.75) is 64.4 Å². The fourth-order valence-corrected chi connectivity index (χ4v) is 5.05. The van der Waals surface area contributed by atoms with Gasteiger partial charge in [0.2, 0.25) is 0 Å². The van der Waals surface area contributed by atoms with Crippen molar-refractivity contribution in [1.82, 2.24) is 4.90 Å². The number of carbonyl (C=O) groups excluding carboxylic acids is 2. The summed E-state index contributed by atoms with van der Waals surface area (Å²) in [6.45, 7) is 4.14. The van der Waals surface area contributed by atoms with Gasteiger partial charge in [-0.25, -0.2) is 0 Å². The summed E-state index contributed by atoms with van der Waals surface area (Å²) >= 11 is 0. The Labute approximate surface area is 233 Å². The lowest BCUT2D eigenvalue weighted by molar-refractivity contribution is -0.384. The molecule has 210 valence electrons. The molecule has 4 rings (SSSR count). The predicted molar refractivity (Wildman–Crippen MR) is 148 cm³/mol. The highest BCUT2D eigenvalue weighted by atomic mass is 16.6. The van der Waals surface area contributed by atoms with Gasteiger partial charge < -0.3 is 14.2 Å². The van der Waals surface area contributed by atoms with Crippen LogP contribution in [0.1, 0.15) is 37.0 Å². The molecule has 40 heavy (non-hydrogen) atoms. The molecule has 0 aromatic heterocycles. The van der Waals surface area contributed by atoms with Crippen molar-refractivity contribution in [2.75, 3.05) is 6.54 Å². The smallest absolute Gasteiger partial charge is 0.303 e. The van der Waals surface area contributed by atoms with E-state index in [0.717, 1.165) is 16.7 Å². The number of piperidine rings is 1. The predicted octanol–water partition coefficient (Wildman–Crippen LogP) is 4.86. The summed E-state index contributed by atoms with van der Waals surface area (Å²) in [5.74, 6) is -0.458. The quantitative estimate of drug-likeness (QED) is 0.180. The summed E-state index contributed by atoms with van der Waals surface area (Å²) in [5.41, 5.74) is 2.75. The maximum atomic E-state index is 12.5. The molecule has 1 fully saturated rings. The maximum absolute atomic E-state index is 12.5. The molecule has 0 saturated carbocycles. The highest BCUT2D eigenvalue weighted by Crippen LogP contribution is 2.31. The highest BCUT2D eigenvalue weighted by molar-refractivity contribution is 5.76. The van der Waals surface area contributed by atoms with E-state index < -0.39 is 29.2 Å². The van der Waals surface area contributed by atoms with E-state index in [1.54, 1.807) is 12.1 Å². The first kappa shape index (κ1) is 29.1. The number of non-ortho nitro benzene ring substituents is 1. The second-order valence-electron chi connectivity index (χ2n) is 10.00. The Morgan fingerprint density at radius 1 is 0.825 bits per heavy atom. The van der Waals surface area contributed by atoms with Crippen LogP contribution in [0.15, 0.2) is 84.9 Å². The van der Waals surface area contributed by atoms with Crippen molar-refractivity contribution in [3.05, 3.63) is 112 Å². The lowest BCUT2D eigenvalue weighted by Crippen LogP contribution is -2.63. The SMILES string of the molecule is CC(=O)CC1[C@H](OCc2ccccc2)[C@H](OCc2ccccc2)[C@H](OC(C)=O)CN1Cc1ccc([N+](=O)[O-])cc1. The van der Waals surface area contributed by atoms with Gasteiger partial charge in [-0.1, -0.05) is 72.8 Å². The number of nitro groups is 1.